The number of hydrogen-bond acceptors (Lipinski definition) is 2. The topological polar surface area (TPSA) is 29.5 Å². The van der Waals surface area contributed by atoms with Crippen LogP contribution in [0.5, 0.6) is 11.5 Å². The Morgan fingerprint density at radius 2 is 1.04 bits per heavy atom. The van der Waals surface area contributed by atoms with Crippen molar-refractivity contribution in [3.05, 3.63) is 72.3 Å². The molecule has 0 unspecified atom stereocenters. The Morgan fingerprint density at radius 3 is 1.46 bits per heavy atom. The Balaban J connectivity index is 1.84. The number of halogens is 5. The predicted molar refractivity (Wildman–Crippen MR) is 85.6 cm³/mol. The molecule has 0 atom stereocenters. The Labute approximate surface area is 145 Å². The van der Waals surface area contributed by atoms with Crippen LogP contribution in [0, 0.1) is 11.6 Å². The van der Waals surface area contributed by atoms with E-state index in [1.807, 2.05) is 0 Å². The fourth-order valence-corrected chi connectivity index (χ4v) is 2.44. The highest BCUT2D eigenvalue weighted by atomic mass is 19.4. The van der Waals surface area contributed by atoms with Gasteiger partial charge in [-0.1, -0.05) is 36.4 Å². The molecule has 0 amide bonds. The van der Waals surface area contributed by atoms with Crippen LogP contribution < -0.4 is 4.74 Å². The molecule has 2 nitrogen and oxygen atoms in total. The Bertz CT molecular complexity index is 893. The molecule has 0 radical (unpaired) electrons. The normalized spacial score (nSPS) is 11.4. The molecule has 0 saturated carbocycles. The maximum Gasteiger partial charge on any atom is 0.573 e. The summed E-state index contributed by atoms with van der Waals surface area (Å²) in [5.41, 5.74) is 2.11. The van der Waals surface area contributed by atoms with Gasteiger partial charge in [-0.3, -0.25) is 0 Å². The molecular formula is C19H11F5O2. The molecule has 134 valence electrons. The highest BCUT2D eigenvalue weighted by Gasteiger charge is 2.30. The van der Waals surface area contributed by atoms with E-state index in [2.05, 4.69) is 4.74 Å². The molecule has 0 aliphatic heterocycles. The van der Waals surface area contributed by atoms with E-state index in [1.54, 1.807) is 24.3 Å². The number of rotatable bonds is 3. The second-order valence-corrected chi connectivity index (χ2v) is 5.44. The van der Waals surface area contributed by atoms with Gasteiger partial charge in [0.2, 0.25) is 0 Å². The summed E-state index contributed by atoms with van der Waals surface area (Å²) in [5, 5.41) is 9.13. The molecule has 0 aliphatic rings. The maximum atomic E-state index is 13.4. The average Bonchev–Trinajstić information content (AvgIpc) is 2.59. The lowest BCUT2D eigenvalue weighted by atomic mass is 10.00. The van der Waals surface area contributed by atoms with Gasteiger partial charge in [0.05, 0.1) is 0 Å². The van der Waals surface area contributed by atoms with Gasteiger partial charge in [0.25, 0.3) is 0 Å². The summed E-state index contributed by atoms with van der Waals surface area (Å²) in [6, 6.07) is 13.9. The van der Waals surface area contributed by atoms with Gasteiger partial charge in [-0.05, 0) is 46.5 Å². The van der Waals surface area contributed by atoms with Crippen molar-refractivity contribution in [3.8, 4) is 33.8 Å². The van der Waals surface area contributed by atoms with Crippen molar-refractivity contribution in [3.63, 3.8) is 0 Å². The number of benzene rings is 3. The van der Waals surface area contributed by atoms with E-state index >= 15 is 0 Å². The third-order valence-electron chi connectivity index (χ3n) is 3.66. The monoisotopic (exact) mass is 366 g/mol. The molecule has 3 rings (SSSR count). The number of phenols is 1. The van der Waals surface area contributed by atoms with Crippen LogP contribution in [-0.4, -0.2) is 11.5 Å². The summed E-state index contributed by atoms with van der Waals surface area (Å²) < 4.78 is 67.2. The van der Waals surface area contributed by atoms with Crippen molar-refractivity contribution in [2.75, 3.05) is 0 Å². The zero-order valence-electron chi connectivity index (χ0n) is 13.0. The van der Waals surface area contributed by atoms with Crippen LogP contribution in [0.3, 0.4) is 0 Å². The van der Waals surface area contributed by atoms with Crippen LogP contribution in [0.15, 0.2) is 60.7 Å². The average molecular weight is 366 g/mol. The number of ether oxygens (including phenoxy) is 1. The lowest BCUT2D eigenvalue weighted by molar-refractivity contribution is -0.274. The van der Waals surface area contributed by atoms with E-state index in [0.717, 1.165) is 12.1 Å². The second-order valence-electron chi connectivity index (χ2n) is 5.44. The summed E-state index contributed by atoms with van der Waals surface area (Å²) in [6.07, 6.45) is -4.75. The molecule has 0 aliphatic carbocycles. The highest BCUT2D eigenvalue weighted by molar-refractivity contribution is 5.71. The predicted octanol–water partition coefficient (Wildman–Crippen LogP) is 5.90. The summed E-state index contributed by atoms with van der Waals surface area (Å²) in [7, 11) is 0. The van der Waals surface area contributed by atoms with Gasteiger partial charge in [-0.15, -0.1) is 13.2 Å². The van der Waals surface area contributed by atoms with E-state index < -0.39 is 23.7 Å². The first-order valence-corrected chi connectivity index (χ1v) is 7.37. The third kappa shape index (κ3) is 3.93. The first-order chi connectivity index (χ1) is 12.2. The number of aromatic hydroxyl groups is 1. The molecule has 26 heavy (non-hydrogen) atoms. The number of alkyl halides is 3. The minimum atomic E-state index is -4.75. The van der Waals surface area contributed by atoms with Gasteiger partial charge < -0.3 is 9.84 Å². The summed E-state index contributed by atoms with van der Waals surface area (Å²) in [5.74, 6) is -3.49. The van der Waals surface area contributed by atoms with E-state index in [1.165, 1.54) is 24.3 Å². The zero-order chi connectivity index (χ0) is 18.9. The molecule has 3 aromatic carbocycles. The minimum Gasteiger partial charge on any atom is -0.503 e. The van der Waals surface area contributed by atoms with Crippen molar-refractivity contribution in [1.29, 1.82) is 0 Å². The lowest BCUT2D eigenvalue weighted by Crippen LogP contribution is -2.16. The number of phenolic OH excluding ortho intramolecular Hbond substituents is 1. The SMILES string of the molecule is Oc1c(F)cc(-c2ccc(-c3ccc(OC(F)(F)F)cc3)cc2)cc1F. The Kier molecular flexibility index (Phi) is 4.54. The van der Waals surface area contributed by atoms with Gasteiger partial charge in [-0.2, -0.15) is 0 Å². The Hall–Kier alpha value is -3.09. The molecule has 1 N–H and O–H groups in total. The van der Waals surface area contributed by atoms with Gasteiger partial charge in [-0.25, -0.2) is 8.78 Å². The smallest absolute Gasteiger partial charge is 0.503 e. The van der Waals surface area contributed by atoms with Crippen LogP contribution in [0.2, 0.25) is 0 Å². The molecule has 0 saturated heterocycles. The van der Waals surface area contributed by atoms with Crippen molar-refractivity contribution < 1.29 is 31.8 Å². The Morgan fingerprint density at radius 1 is 0.654 bits per heavy atom. The summed E-state index contributed by atoms with van der Waals surface area (Å²) in [6.45, 7) is 0. The van der Waals surface area contributed by atoms with Crippen molar-refractivity contribution >= 4 is 0 Å². The summed E-state index contributed by atoms with van der Waals surface area (Å²) in [4.78, 5) is 0. The highest BCUT2D eigenvalue weighted by Crippen LogP contribution is 2.31. The van der Waals surface area contributed by atoms with Crippen molar-refractivity contribution in [2.24, 2.45) is 0 Å². The quantitative estimate of drug-likeness (QED) is 0.585. The van der Waals surface area contributed by atoms with Gasteiger partial charge >= 0.3 is 6.36 Å². The molecule has 7 heteroatoms. The van der Waals surface area contributed by atoms with E-state index in [9.17, 15) is 22.0 Å². The van der Waals surface area contributed by atoms with Crippen LogP contribution in [0.25, 0.3) is 22.3 Å². The largest absolute Gasteiger partial charge is 0.573 e. The van der Waals surface area contributed by atoms with Crippen LogP contribution in [0.4, 0.5) is 22.0 Å². The minimum absolute atomic E-state index is 0.248. The van der Waals surface area contributed by atoms with E-state index in [-0.39, 0.29) is 11.3 Å². The van der Waals surface area contributed by atoms with Gasteiger partial charge in [0.15, 0.2) is 17.4 Å². The molecular weight excluding hydrogens is 355 g/mol. The fraction of sp³-hybridized carbons (Fsp3) is 0.0526. The molecule has 0 heterocycles. The molecule has 0 bridgehead atoms. The molecule has 0 spiro atoms. The first-order valence-electron chi connectivity index (χ1n) is 7.37. The number of hydrogen-bond donors (Lipinski definition) is 1. The van der Waals surface area contributed by atoms with Gasteiger partial charge in [0, 0.05) is 0 Å². The summed E-state index contributed by atoms with van der Waals surface area (Å²) >= 11 is 0. The zero-order valence-corrected chi connectivity index (χ0v) is 13.0. The van der Waals surface area contributed by atoms with Crippen LogP contribution in [-0.2, 0) is 0 Å². The maximum absolute atomic E-state index is 13.4. The van der Waals surface area contributed by atoms with Crippen molar-refractivity contribution in [2.45, 2.75) is 6.36 Å². The molecule has 3 aromatic rings. The second kappa shape index (κ2) is 6.67. The molecule has 0 aromatic heterocycles. The van der Waals surface area contributed by atoms with Crippen LogP contribution >= 0.6 is 0 Å². The fourth-order valence-electron chi connectivity index (χ4n) is 2.44. The van der Waals surface area contributed by atoms with Crippen LogP contribution in [0.1, 0.15) is 0 Å². The lowest BCUT2D eigenvalue weighted by Gasteiger charge is -2.10. The van der Waals surface area contributed by atoms with E-state index in [4.69, 9.17) is 5.11 Å². The standard InChI is InChI=1S/C19H11F5O2/c20-16-9-14(10-17(21)18(16)25)13-3-1-11(2-4-13)12-5-7-15(8-6-12)26-19(22,23)24/h1-10,25H. The van der Waals surface area contributed by atoms with Gasteiger partial charge in [0.1, 0.15) is 5.75 Å². The third-order valence-corrected chi connectivity index (χ3v) is 3.66. The van der Waals surface area contributed by atoms with Crippen molar-refractivity contribution in [1.82, 2.24) is 0 Å². The molecule has 0 fully saturated rings. The first kappa shape index (κ1) is 17.7. The van der Waals surface area contributed by atoms with E-state index in [0.29, 0.717) is 16.7 Å².